The summed E-state index contributed by atoms with van der Waals surface area (Å²) in [6.07, 6.45) is -14.2. The van der Waals surface area contributed by atoms with Crippen LogP contribution in [0.2, 0.25) is 0 Å². The van der Waals surface area contributed by atoms with Crippen molar-refractivity contribution in [2.75, 3.05) is 5.32 Å². The van der Waals surface area contributed by atoms with Crippen LogP contribution in [0.3, 0.4) is 0 Å². The predicted molar refractivity (Wildman–Crippen MR) is 108 cm³/mol. The van der Waals surface area contributed by atoms with Crippen LogP contribution in [-0.4, -0.2) is 35.0 Å². The number of carbonyl (C=O) groups excluding carboxylic acids is 1. The van der Waals surface area contributed by atoms with Crippen LogP contribution in [0.15, 0.2) is 36.5 Å². The van der Waals surface area contributed by atoms with Crippen molar-refractivity contribution in [1.82, 2.24) is 4.98 Å². The van der Waals surface area contributed by atoms with Gasteiger partial charge in [-0.1, -0.05) is 0 Å². The first kappa shape index (κ1) is 25.0. The second kappa shape index (κ2) is 9.09. The van der Waals surface area contributed by atoms with Crippen LogP contribution < -0.4 is 10.1 Å². The maximum absolute atomic E-state index is 12.7. The molecule has 5 nitrogen and oxygen atoms in total. The lowest BCUT2D eigenvalue weighted by Crippen LogP contribution is -2.46. The summed E-state index contributed by atoms with van der Waals surface area (Å²) in [6.45, 7) is 5.19. The number of ether oxygens (including phenoxy) is 2. The zero-order valence-electron chi connectivity index (χ0n) is 16.4. The van der Waals surface area contributed by atoms with E-state index in [9.17, 15) is 31.1 Å². The van der Waals surface area contributed by atoms with Crippen molar-refractivity contribution in [1.29, 1.82) is 0 Å². The number of nitrogens with one attached hydrogen (secondary N) is 1. The number of aromatic nitrogens is 1. The number of pyridine rings is 1. The number of carbonyl (C=O) groups is 1. The van der Waals surface area contributed by atoms with E-state index in [1.165, 1.54) is 40.8 Å². The third-order valence-corrected chi connectivity index (χ3v) is 4.21. The Morgan fingerprint density at radius 1 is 1.00 bits per heavy atom. The van der Waals surface area contributed by atoms with Crippen LogP contribution in [-0.2, 0) is 4.74 Å². The van der Waals surface area contributed by atoms with E-state index in [1.54, 1.807) is 32.9 Å². The third-order valence-electron chi connectivity index (χ3n) is 3.44. The number of benzene rings is 1. The van der Waals surface area contributed by atoms with E-state index < -0.39 is 35.9 Å². The van der Waals surface area contributed by atoms with Gasteiger partial charge < -0.3 is 14.8 Å². The maximum atomic E-state index is 12.7. The minimum Gasteiger partial charge on any atom is -0.456 e. The highest BCUT2D eigenvalue weighted by molar-refractivity contribution is 14.1. The van der Waals surface area contributed by atoms with Crippen LogP contribution in [0.1, 0.15) is 31.1 Å². The summed E-state index contributed by atoms with van der Waals surface area (Å²) in [7, 11) is 0. The molecule has 2 rings (SSSR count). The van der Waals surface area contributed by atoms with Crippen LogP contribution in [0, 0.1) is 3.57 Å². The fourth-order valence-electron chi connectivity index (χ4n) is 2.20. The van der Waals surface area contributed by atoms with Gasteiger partial charge in [-0.25, -0.2) is 9.78 Å². The molecule has 170 valence electrons. The largest absolute Gasteiger partial charge is 0.456 e. The molecule has 31 heavy (non-hydrogen) atoms. The quantitative estimate of drug-likeness (QED) is 0.265. The molecule has 12 heteroatoms. The van der Waals surface area contributed by atoms with Gasteiger partial charge in [-0.2, -0.15) is 26.3 Å². The molecular weight excluding hydrogens is 545 g/mol. The Balaban J connectivity index is 2.13. The molecule has 0 unspecified atom stereocenters. The van der Waals surface area contributed by atoms with Crippen molar-refractivity contribution in [2.45, 2.75) is 44.8 Å². The monoisotopic (exact) mass is 562 g/mol. The predicted octanol–water partition coefficient (Wildman–Crippen LogP) is 6.26. The summed E-state index contributed by atoms with van der Waals surface area (Å²) < 4.78 is 85.3. The summed E-state index contributed by atoms with van der Waals surface area (Å²) in [6, 6.07) is 7.39. The smallest absolute Gasteiger partial charge is 0.434 e. The summed E-state index contributed by atoms with van der Waals surface area (Å²) in [5.41, 5.74) is 0.443. The minimum absolute atomic E-state index is 0.0634. The van der Waals surface area contributed by atoms with Crippen molar-refractivity contribution in [2.24, 2.45) is 0 Å². The van der Waals surface area contributed by atoms with Gasteiger partial charge in [0.2, 0.25) is 5.88 Å². The number of anilines is 2. The van der Waals surface area contributed by atoms with E-state index in [0.29, 0.717) is 11.3 Å². The number of alkyl halides is 6. The third kappa shape index (κ3) is 7.43. The van der Waals surface area contributed by atoms with Crippen molar-refractivity contribution < 1.29 is 40.6 Å². The molecule has 0 bridgehead atoms. The van der Waals surface area contributed by atoms with E-state index in [-0.39, 0.29) is 9.26 Å². The Morgan fingerprint density at radius 2 is 1.55 bits per heavy atom. The second-order valence-electron chi connectivity index (χ2n) is 7.30. The van der Waals surface area contributed by atoms with Crippen LogP contribution in [0.5, 0.6) is 5.88 Å². The van der Waals surface area contributed by atoms with Gasteiger partial charge in [0.25, 0.3) is 6.10 Å². The van der Waals surface area contributed by atoms with Gasteiger partial charge in [0, 0.05) is 5.69 Å². The number of halogens is 7. The Bertz CT molecular complexity index is 910. The molecule has 0 saturated carbocycles. The molecule has 1 aromatic carbocycles. The molecule has 0 atom stereocenters. The SMILES string of the molecule is CC(C)(C)OC(=O)c1ccc(Nc2cnc(OC(C(F)(F)F)C(F)(F)F)c(I)c2)cc1. The molecule has 0 fully saturated rings. The first-order chi connectivity index (χ1) is 14.1. The molecule has 0 aliphatic rings. The minimum atomic E-state index is -5.64. The molecule has 0 spiro atoms. The summed E-state index contributed by atoms with van der Waals surface area (Å²) in [5.74, 6) is -1.31. The van der Waals surface area contributed by atoms with Crippen molar-refractivity contribution >= 4 is 39.9 Å². The lowest BCUT2D eigenvalue weighted by atomic mass is 10.1. The maximum Gasteiger partial charge on any atom is 0.434 e. The number of hydrogen-bond donors (Lipinski definition) is 1. The van der Waals surface area contributed by atoms with Gasteiger partial charge in [-0.3, -0.25) is 0 Å². The highest BCUT2D eigenvalue weighted by Gasteiger charge is 2.59. The van der Waals surface area contributed by atoms with Crippen molar-refractivity contribution in [3.05, 3.63) is 45.7 Å². The number of nitrogens with zero attached hydrogens (tertiary/aromatic N) is 1. The first-order valence-corrected chi connectivity index (χ1v) is 9.70. The number of esters is 1. The van der Waals surface area contributed by atoms with Crippen molar-refractivity contribution in [3.63, 3.8) is 0 Å². The van der Waals surface area contributed by atoms with Gasteiger partial charge in [-0.15, -0.1) is 0 Å². The van der Waals surface area contributed by atoms with E-state index in [0.717, 1.165) is 6.20 Å². The molecule has 1 aromatic heterocycles. The molecule has 1 heterocycles. The molecular formula is C19H17F6IN2O3. The van der Waals surface area contributed by atoms with Crippen LogP contribution in [0.4, 0.5) is 37.7 Å². The average Bonchev–Trinajstić information content (AvgIpc) is 2.58. The van der Waals surface area contributed by atoms with E-state index >= 15 is 0 Å². The van der Waals surface area contributed by atoms with Gasteiger partial charge in [-0.05, 0) is 73.7 Å². The zero-order valence-corrected chi connectivity index (χ0v) is 18.5. The Labute approximate surface area is 187 Å². The van der Waals surface area contributed by atoms with Crippen molar-refractivity contribution in [3.8, 4) is 5.88 Å². The lowest BCUT2D eigenvalue weighted by Gasteiger charge is -2.23. The molecule has 0 aliphatic carbocycles. The summed E-state index contributed by atoms with van der Waals surface area (Å²) in [4.78, 5) is 15.6. The number of rotatable bonds is 5. The topological polar surface area (TPSA) is 60.5 Å². The standard InChI is InChI=1S/C19H17F6IN2O3/c1-17(2,3)31-15(29)10-4-6-11(7-5-10)28-12-8-13(26)14(27-9-12)30-16(18(20,21)22)19(23,24)25/h4-9,16,28H,1-3H3. The van der Waals surface area contributed by atoms with E-state index in [4.69, 9.17) is 4.74 Å². The Hall–Kier alpha value is -2.25. The molecule has 0 saturated heterocycles. The second-order valence-corrected chi connectivity index (χ2v) is 8.46. The number of hydrogen-bond acceptors (Lipinski definition) is 5. The fourth-order valence-corrected chi connectivity index (χ4v) is 2.81. The van der Waals surface area contributed by atoms with E-state index in [2.05, 4.69) is 15.0 Å². The Kier molecular flexibility index (Phi) is 7.33. The van der Waals surface area contributed by atoms with Gasteiger partial charge in [0.15, 0.2) is 0 Å². The lowest BCUT2D eigenvalue weighted by molar-refractivity contribution is -0.300. The molecule has 2 aromatic rings. The fraction of sp³-hybridized carbons (Fsp3) is 0.368. The van der Waals surface area contributed by atoms with Crippen LogP contribution >= 0.6 is 22.6 Å². The molecule has 1 N–H and O–H groups in total. The van der Waals surface area contributed by atoms with Crippen LogP contribution in [0.25, 0.3) is 0 Å². The Morgan fingerprint density at radius 3 is 2.00 bits per heavy atom. The highest BCUT2D eigenvalue weighted by Crippen LogP contribution is 2.37. The average molecular weight is 562 g/mol. The molecule has 0 radical (unpaired) electrons. The van der Waals surface area contributed by atoms with Gasteiger partial charge in [0.1, 0.15) is 5.60 Å². The first-order valence-electron chi connectivity index (χ1n) is 8.62. The van der Waals surface area contributed by atoms with Gasteiger partial charge in [0.05, 0.1) is 21.0 Å². The van der Waals surface area contributed by atoms with E-state index in [1.807, 2.05) is 0 Å². The molecule has 0 aliphatic heterocycles. The highest BCUT2D eigenvalue weighted by atomic mass is 127. The summed E-state index contributed by atoms with van der Waals surface area (Å²) >= 11 is 1.52. The summed E-state index contributed by atoms with van der Waals surface area (Å²) in [5, 5.41) is 2.88. The zero-order chi connectivity index (χ0) is 23.6. The molecule has 0 amide bonds. The normalized spacial score (nSPS) is 12.6. The van der Waals surface area contributed by atoms with Gasteiger partial charge >= 0.3 is 18.3 Å².